The second-order valence-corrected chi connectivity index (χ2v) is 3.32. The second-order valence-electron chi connectivity index (χ2n) is 3.32. The van der Waals surface area contributed by atoms with E-state index < -0.39 is 17.0 Å². The van der Waals surface area contributed by atoms with Crippen molar-refractivity contribution >= 4 is 11.7 Å². The lowest BCUT2D eigenvalue weighted by Crippen LogP contribution is -2.11. The summed E-state index contributed by atoms with van der Waals surface area (Å²) in [6, 6.07) is 6.15. The number of benzene rings is 1. The molecule has 1 unspecified atom stereocenters. The first kappa shape index (κ1) is 10.6. The van der Waals surface area contributed by atoms with Gasteiger partial charge in [-0.2, -0.15) is 0 Å². The lowest BCUT2D eigenvalue weighted by Gasteiger charge is -2.03. The predicted octanol–water partition coefficient (Wildman–Crippen LogP) is 1.04. The molecule has 1 aromatic carbocycles. The van der Waals surface area contributed by atoms with Gasteiger partial charge in [-0.25, -0.2) is 4.79 Å². The van der Waals surface area contributed by atoms with Crippen LogP contribution in [0.4, 0.5) is 5.69 Å². The van der Waals surface area contributed by atoms with Crippen molar-refractivity contribution < 1.29 is 19.2 Å². The number of nitrogens with zero attached hydrogens (tertiary/aromatic N) is 1. The minimum atomic E-state index is -0.503. The summed E-state index contributed by atoms with van der Waals surface area (Å²) < 4.78 is 9.60. The van der Waals surface area contributed by atoms with E-state index in [1.165, 1.54) is 6.07 Å². The van der Waals surface area contributed by atoms with E-state index in [4.69, 9.17) is 9.47 Å². The minimum Gasteiger partial charge on any atom is -0.459 e. The third-order valence-corrected chi connectivity index (χ3v) is 2.15. The molecule has 0 saturated carbocycles. The van der Waals surface area contributed by atoms with Crippen LogP contribution < -0.4 is 0 Å². The summed E-state index contributed by atoms with van der Waals surface area (Å²) in [6.45, 7) is 0.269. The fourth-order valence-electron chi connectivity index (χ4n) is 1.24. The van der Waals surface area contributed by atoms with Crippen molar-refractivity contribution in [1.29, 1.82) is 0 Å². The van der Waals surface area contributed by atoms with E-state index in [9.17, 15) is 14.9 Å². The molecule has 1 atom stereocenters. The first-order valence-corrected chi connectivity index (χ1v) is 4.69. The lowest BCUT2D eigenvalue weighted by atomic mass is 10.2. The average Bonchev–Trinajstić information content (AvgIpc) is 3.10. The number of ether oxygens (including phenoxy) is 2. The summed E-state index contributed by atoms with van der Waals surface area (Å²) >= 11 is 0. The van der Waals surface area contributed by atoms with Gasteiger partial charge in [0.2, 0.25) is 0 Å². The van der Waals surface area contributed by atoms with Crippen molar-refractivity contribution in [2.45, 2.75) is 12.7 Å². The molecular weight excluding hydrogens is 214 g/mol. The Labute approximate surface area is 90.9 Å². The van der Waals surface area contributed by atoms with Gasteiger partial charge in [-0.3, -0.25) is 10.1 Å². The number of carbonyl (C=O) groups excluding carboxylic acids is 1. The fourth-order valence-corrected chi connectivity index (χ4v) is 1.24. The number of rotatable bonds is 4. The predicted molar refractivity (Wildman–Crippen MR) is 52.6 cm³/mol. The zero-order valence-electron chi connectivity index (χ0n) is 8.29. The normalized spacial score (nSPS) is 17.9. The molecule has 1 saturated heterocycles. The number of epoxide rings is 1. The molecule has 0 aliphatic carbocycles. The van der Waals surface area contributed by atoms with Gasteiger partial charge in [-0.1, -0.05) is 12.1 Å². The molecule has 1 aliphatic heterocycles. The Morgan fingerprint density at radius 1 is 1.56 bits per heavy atom. The van der Waals surface area contributed by atoms with E-state index in [-0.39, 0.29) is 12.3 Å². The summed E-state index contributed by atoms with van der Waals surface area (Å²) in [6.07, 6.45) is -0.484. The minimum absolute atomic E-state index is 0.0491. The monoisotopic (exact) mass is 223 g/mol. The topological polar surface area (TPSA) is 82.0 Å². The molecule has 6 heteroatoms. The molecule has 84 valence electrons. The molecule has 6 nitrogen and oxygen atoms in total. The van der Waals surface area contributed by atoms with E-state index >= 15 is 0 Å². The van der Waals surface area contributed by atoms with Gasteiger partial charge in [0.25, 0.3) is 5.69 Å². The molecule has 2 rings (SSSR count). The van der Waals surface area contributed by atoms with Crippen molar-refractivity contribution in [2.75, 3.05) is 6.61 Å². The summed E-state index contributed by atoms with van der Waals surface area (Å²) in [7, 11) is 0. The Morgan fingerprint density at radius 2 is 2.25 bits per heavy atom. The highest BCUT2D eigenvalue weighted by Gasteiger charge is 2.33. The molecule has 1 aliphatic rings. The van der Waals surface area contributed by atoms with Crippen molar-refractivity contribution in [3.63, 3.8) is 0 Å². The summed E-state index contributed by atoms with van der Waals surface area (Å²) in [5, 5.41) is 10.7. The molecule has 0 radical (unpaired) electrons. The summed E-state index contributed by atoms with van der Waals surface area (Å²) in [4.78, 5) is 21.3. The first-order chi connectivity index (χ1) is 7.68. The van der Waals surface area contributed by atoms with Crippen LogP contribution in [0.25, 0.3) is 0 Å². The highest BCUT2D eigenvalue weighted by molar-refractivity contribution is 5.77. The van der Waals surface area contributed by atoms with Crippen LogP contribution in [0.1, 0.15) is 5.56 Å². The Hall–Kier alpha value is -1.95. The Balaban J connectivity index is 2.02. The SMILES string of the molecule is O=C(OCc1ccccc1[N+](=O)[O-])C1CO1. The van der Waals surface area contributed by atoms with Crippen LogP contribution in [0.3, 0.4) is 0 Å². The molecule has 0 aromatic heterocycles. The molecule has 0 spiro atoms. The maximum absolute atomic E-state index is 11.1. The number of para-hydroxylation sites is 1. The highest BCUT2D eigenvalue weighted by atomic mass is 16.6. The maximum Gasteiger partial charge on any atom is 0.338 e. The lowest BCUT2D eigenvalue weighted by molar-refractivity contribution is -0.385. The molecule has 0 bridgehead atoms. The van der Waals surface area contributed by atoms with Crippen LogP contribution >= 0.6 is 0 Å². The fraction of sp³-hybridized carbons (Fsp3) is 0.300. The van der Waals surface area contributed by atoms with Gasteiger partial charge in [0.15, 0.2) is 6.10 Å². The van der Waals surface area contributed by atoms with Gasteiger partial charge in [0.05, 0.1) is 17.1 Å². The maximum atomic E-state index is 11.1. The molecule has 0 amide bonds. The van der Waals surface area contributed by atoms with Gasteiger partial charge >= 0.3 is 5.97 Å². The van der Waals surface area contributed by atoms with Crippen LogP contribution in [-0.4, -0.2) is 23.6 Å². The van der Waals surface area contributed by atoms with Gasteiger partial charge < -0.3 is 9.47 Å². The average molecular weight is 223 g/mol. The van der Waals surface area contributed by atoms with Crippen molar-refractivity contribution in [3.05, 3.63) is 39.9 Å². The van der Waals surface area contributed by atoms with E-state index in [0.717, 1.165) is 0 Å². The zero-order chi connectivity index (χ0) is 11.5. The second kappa shape index (κ2) is 4.28. The number of carbonyl (C=O) groups is 1. The zero-order valence-corrected chi connectivity index (χ0v) is 8.29. The van der Waals surface area contributed by atoms with E-state index in [0.29, 0.717) is 12.2 Å². The molecular formula is C10H9NO5. The van der Waals surface area contributed by atoms with Crippen molar-refractivity contribution in [1.82, 2.24) is 0 Å². The molecule has 1 fully saturated rings. The smallest absolute Gasteiger partial charge is 0.338 e. The largest absolute Gasteiger partial charge is 0.459 e. The molecule has 1 heterocycles. The Bertz CT molecular complexity index is 427. The summed E-state index contributed by atoms with van der Waals surface area (Å²) in [5.41, 5.74) is 0.327. The molecule has 0 N–H and O–H groups in total. The number of hydrogen-bond acceptors (Lipinski definition) is 5. The number of hydrogen-bond donors (Lipinski definition) is 0. The van der Waals surface area contributed by atoms with Crippen molar-refractivity contribution in [2.24, 2.45) is 0 Å². The Kier molecular flexibility index (Phi) is 2.82. The Morgan fingerprint density at radius 3 is 2.88 bits per heavy atom. The standard InChI is InChI=1S/C10H9NO5/c12-10(9-6-15-9)16-5-7-3-1-2-4-8(7)11(13)14/h1-4,9H,5-6H2. The quantitative estimate of drug-likeness (QED) is 0.329. The third-order valence-electron chi connectivity index (χ3n) is 2.15. The van der Waals surface area contributed by atoms with Crippen molar-refractivity contribution in [3.8, 4) is 0 Å². The molecule has 16 heavy (non-hydrogen) atoms. The number of nitro groups is 1. The van der Waals surface area contributed by atoms with Crippen LogP contribution in [0.15, 0.2) is 24.3 Å². The van der Waals surface area contributed by atoms with Gasteiger partial charge in [0.1, 0.15) is 6.61 Å². The van der Waals surface area contributed by atoms with Crippen LogP contribution in [0, 0.1) is 10.1 Å². The van der Waals surface area contributed by atoms with Gasteiger partial charge in [0, 0.05) is 6.07 Å². The van der Waals surface area contributed by atoms with Gasteiger partial charge in [-0.05, 0) is 6.07 Å². The van der Waals surface area contributed by atoms with Crippen LogP contribution in [-0.2, 0) is 20.9 Å². The number of esters is 1. The van der Waals surface area contributed by atoms with E-state index in [1.54, 1.807) is 18.2 Å². The van der Waals surface area contributed by atoms with Crippen LogP contribution in [0.5, 0.6) is 0 Å². The van der Waals surface area contributed by atoms with Crippen LogP contribution in [0.2, 0.25) is 0 Å². The van der Waals surface area contributed by atoms with E-state index in [2.05, 4.69) is 0 Å². The highest BCUT2D eigenvalue weighted by Crippen LogP contribution is 2.19. The van der Waals surface area contributed by atoms with Gasteiger partial charge in [-0.15, -0.1) is 0 Å². The number of nitro benzene ring substituents is 1. The molecule has 1 aromatic rings. The third kappa shape index (κ3) is 2.34. The summed E-state index contributed by atoms with van der Waals surface area (Å²) in [5.74, 6) is -0.474. The first-order valence-electron chi connectivity index (χ1n) is 4.69. The van der Waals surface area contributed by atoms with E-state index in [1.807, 2.05) is 0 Å².